The van der Waals surface area contributed by atoms with Crippen molar-refractivity contribution in [2.75, 3.05) is 0 Å². The van der Waals surface area contributed by atoms with Crippen molar-refractivity contribution >= 4 is 0 Å². The molecular formula is C41H62O2. The Balaban J connectivity index is 1.60. The molecular weight excluding hydrogens is 524 g/mol. The number of phenols is 1. The van der Waals surface area contributed by atoms with Crippen molar-refractivity contribution < 1.29 is 9.84 Å². The normalized spacial score (nSPS) is 18.4. The van der Waals surface area contributed by atoms with Crippen molar-refractivity contribution in [3.8, 4) is 11.5 Å². The lowest BCUT2D eigenvalue weighted by Crippen LogP contribution is -2.36. The Hall–Kier alpha value is -2.74. The Labute approximate surface area is 265 Å². The van der Waals surface area contributed by atoms with E-state index in [0.29, 0.717) is 5.75 Å². The van der Waals surface area contributed by atoms with E-state index in [9.17, 15) is 5.11 Å². The van der Waals surface area contributed by atoms with Gasteiger partial charge in [-0.3, -0.25) is 0 Å². The van der Waals surface area contributed by atoms with Gasteiger partial charge in [-0.2, -0.15) is 0 Å². The van der Waals surface area contributed by atoms with E-state index in [1.54, 1.807) is 6.07 Å². The number of hydrogen-bond acceptors (Lipinski definition) is 2. The number of benzene rings is 1. The van der Waals surface area contributed by atoms with Gasteiger partial charge in [0.05, 0.1) is 0 Å². The predicted octanol–water partition coefficient (Wildman–Crippen LogP) is 12.9. The average molecular weight is 587 g/mol. The Morgan fingerprint density at radius 1 is 0.651 bits per heavy atom. The van der Waals surface area contributed by atoms with Crippen LogP contribution < -0.4 is 4.74 Å². The molecule has 0 bridgehead atoms. The quantitative estimate of drug-likeness (QED) is 0.173. The Bertz CT molecular complexity index is 1180. The number of ether oxygens (including phenoxy) is 1. The summed E-state index contributed by atoms with van der Waals surface area (Å²) >= 11 is 0. The summed E-state index contributed by atoms with van der Waals surface area (Å²) in [5.41, 5.74) is 9.95. The van der Waals surface area contributed by atoms with Crippen molar-refractivity contribution in [2.24, 2.45) is 0 Å². The molecule has 1 aromatic carbocycles. The molecule has 0 amide bonds. The second kappa shape index (κ2) is 19.5. The first-order valence-electron chi connectivity index (χ1n) is 16.9. The van der Waals surface area contributed by atoms with Crippen LogP contribution >= 0.6 is 0 Å². The van der Waals surface area contributed by atoms with Crippen LogP contribution in [0.4, 0.5) is 0 Å². The highest BCUT2D eigenvalue weighted by Crippen LogP contribution is 2.37. The summed E-state index contributed by atoms with van der Waals surface area (Å²) in [4.78, 5) is 0. The van der Waals surface area contributed by atoms with Crippen molar-refractivity contribution in [2.45, 2.75) is 151 Å². The van der Waals surface area contributed by atoms with Crippen LogP contribution in [0, 0.1) is 0 Å². The summed E-state index contributed by atoms with van der Waals surface area (Å²) in [6.45, 7) is 18.0. The highest BCUT2D eigenvalue weighted by Gasteiger charge is 2.30. The van der Waals surface area contributed by atoms with E-state index < -0.39 is 0 Å². The van der Waals surface area contributed by atoms with Gasteiger partial charge in [-0.05, 0) is 169 Å². The number of allylic oxidation sites excluding steroid dienone is 12. The maximum absolute atomic E-state index is 9.72. The van der Waals surface area contributed by atoms with E-state index in [0.717, 1.165) is 75.5 Å². The van der Waals surface area contributed by atoms with Crippen molar-refractivity contribution in [3.05, 3.63) is 93.7 Å². The molecule has 0 aromatic heterocycles. The standard InChI is InChI=1S/C41H62O2/c1-32(2)15-9-16-33(3)17-10-18-34(4)19-11-20-35(5)21-12-22-36(6)23-13-24-37(7)25-14-29-41(8)30-28-38-31-39(42)26-27-40(38)43-41/h15,17,19,21,23,25-27,31,42H,9-14,16,18,20,22,24,28-30H2,1-8H3/b33-17+,34-19+,35-21+,36-23+,37-25+/t41-/m1/s1. The molecule has 0 fully saturated rings. The number of aryl methyl sites for hydroxylation is 1. The van der Waals surface area contributed by atoms with Crippen molar-refractivity contribution in [1.29, 1.82) is 0 Å². The molecule has 43 heavy (non-hydrogen) atoms. The largest absolute Gasteiger partial charge is 0.508 e. The predicted molar refractivity (Wildman–Crippen MR) is 189 cm³/mol. The molecule has 1 heterocycles. The number of fused-ring (bicyclic) bond motifs is 1. The zero-order valence-electron chi connectivity index (χ0n) is 29.0. The third kappa shape index (κ3) is 16.1. The van der Waals surface area contributed by atoms with Gasteiger partial charge in [0, 0.05) is 0 Å². The second-order valence-electron chi connectivity index (χ2n) is 13.6. The fourth-order valence-electron chi connectivity index (χ4n) is 5.66. The summed E-state index contributed by atoms with van der Waals surface area (Å²) in [6.07, 6.45) is 30.1. The fourth-order valence-corrected chi connectivity index (χ4v) is 5.66. The summed E-state index contributed by atoms with van der Waals surface area (Å²) in [6, 6.07) is 5.46. The molecule has 0 radical (unpaired) electrons. The molecule has 1 N–H and O–H groups in total. The van der Waals surface area contributed by atoms with Crippen LogP contribution in [0.2, 0.25) is 0 Å². The van der Waals surface area contributed by atoms with Crippen LogP contribution in [0.5, 0.6) is 11.5 Å². The Kier molecular flexibility index (Phi) is 16.5. The zero-order chi connectivity index (χ0) is 31.7. The highest BCUT2D eigenvalue weighted by atomic mass is 16.5. The summed E-state index contributed by atoms with van der Waals surface area (Å²) in [5.74, 6) is 1.26. The maximum atomic E-state index is 9.72. The Morgan fingerprint density at radius 2 is 1.07 bits per heavy atom. The van der Waals surface area contributed by atoms with Gasteiger partial charge in [-0.15, -0.1) is 0 Å². The molecule has 0 saturated carbocycles. The molecule has 2 heteroatoms. The van der Waals surface area contributed by atoms with E-state index in [4.69, 9.17) is 4.74 Å². The highest BCUT2D eigenvalue weighted by molar-refractivity contribution is 5.41. The molecule has 0 aliphatic carbocycles. The van der Waals surface area contributed by atoms with Crippen LogP contribution in [0.25, 0.3) is 0 Å². The minimum absolute atomic E-state index is 0.125. The minimum Gasteiger partial charge on any atom is -0.508 e. The molecule has 0 unspecified atom stereocenters. The molecule has 1 aliphatic rings. The first-order valence-corrected chi connectivity index (χ1v) is 16.9. The van der Waals surface area contributed by atoms with Crippen LogP contribution in [-0.4, -0.2) is 10.7 Å². The third-order valence-corrected chi connectivity index (χ3v) is 8.71. The smallest absolute Gasteiger partial charge is 0.123 e. The van der Waals surface area contributed by atoms with Crippen molar-refractivity contribution in [1.82, 2.24) is 0 Å². The van der Waals surface area contributed by atoms with Crippen LogP contribution in [0.15, 0.2) is 88.1 Å². The first kappa shape index (κ1) is 36.5. The molecule has 1 atom stereocenters. The zero-order valence-corrected chi connectivity index (χ0v) is 29.0. The number of hydrogen-bond donors (Lipinski definition) is 1. The molecule has 0 saturated heterocycles. The van der Waals surface area contributed by atoms with E-state index in [1.807, 2.05) is 12.1 Å². The fraction of sp³-hybridized carbons (Fsp3) is 0.561. The summed E-state index contributed by atoms with van der Waals surface area (Å²) in [7, 11) is 0. The van der Waals surface area contributed by atoms with Crippen LogP contribution in [0.3, 0.4) is 0 Å². The number of rotatable bonds is 18. The van der Waals surface area contributed by atoms with Gasteiger partial charge in [0.1, 0.15) is 17.1 Å². The number of phenolic OH excluding ortho intramolecular Hbond substituents is 1. The molecule has 238 valence electrons. The lowest BCUT2D eigenvalue weighted by atomic mass is 9.88. The van der Waals surface area contributed by atoms with Gasteiger partial charge < -0.3 is 9.84 Å². The Morgan fingerprint density at radius 3 is 1.51 bits per heavy atom. The van der Waals surface area contributed by atoms with E-state index >= 15 is 0 Å². The molecule has 0 spiro atoms. The third-order valence-electron chi connectivity index (χ3n) is 8.71. The monoisotopic (exact) mass is 586 g/mol. The van der Waals surface area contributed by atoms with Gasteiger partial charge in [-0.1, -0.05) is 69.9 Å². The van der Waals surface area contributed by atoms with Gasteiger partial charge in [-0.25, -0.2) is 0 Å². The van der Waals surface area contributed by atoms with Crippen LogP contribution in [0.1, 0.15) is 144 Å². The number of aromatic hydroxyl groups is 1. The summed E-state index contributed by atoms with van der Waals surface area (Å²) < 4.78 is 6.33. The minimum atomic E-state index is -0.125. The molecule has 2 rings (SSSR count). The molecule has 2 nitrogen and oxygen atoms in total. The average Bonchev–Trinajstić information content (AvgIpc) is 2.93. The van der Waals surface area contributed by atoms with Crippen LogP contribution in [-0.2, 0) is 6.42 Å². The van der Waals surface area contributed by atoms with Gasteiger partial charge >= 0.3 is 0 Å². The van der Waals surface area contributed by atoms with Gasteiger partial charge in [0.25, 0.3) is 0 Å². The second-order valence-corrected chi connectivity index (χ2v) is 13.6. The maximum Gasteiger partial charge on any atom is 0.123 e. The first-order chi connectivity index (χ1) is 20.5. The van der Waals surface area contributed by atoms with E-state index in [1.165, 1.54) is 59.1 Å². The lowest BCUT2D eigenvalue weighted by Gasteiger charge is -2.35. The van der Waals surface area contributed by atoms with Crippen molar-refractivity contribution in [3.63, 3.8) is 0 Å². The topological polar surface area (TPSA) is 29.5 Å². The van der Waals surface area contributed by atoms with E-state index in [2.05, 4.69) is 91.8 Å². The van der Waals surface area contributed by atoms with Gasteiger partial charge in [0.2, 0.25) is 0 Å². The summed E-state index contributed by atoms with van der Waals surface area (Å²) in [5, 5.41) is 9.72. The van der Waals surface area contributed by atoms with Gasteiger partial charge in [0.15, 0.2) is 0 Å². The lowest BCUT2D eigenvalue weighted by molar-refractivity contribution is 0.0570. The van der Waals surface area contributed by atoms with E-state index in [-0.39, 0.29) is 5.60 Å². The SMILES string of the molecule is CC(C)=CCC/C(C)=C/CC/C(C)=C/CC/C(C)=C/CC/C(C)=C/CC/C(C)=C/CC[C@]1(C)CCc2cc(O)ccc2O1. The molecule has 1 aliphatic heterocycles. The molecule has 1 aromatic rings.